The van der Waals surface area contributed by atoms with Gasteiger partial charge in [-0.25, -0.2) is 4.39 Å². The number of hydrogen-bond acceptors (Lipinski definition) is 1. The van der Waals surface area contributed by atoms with Crippen molar-refractivity contribution >= 4 is 0 Å². The largest absolute Gasteiger partial charge is 0.305 e. The van der Waals surface area contributed by atoms with Crippen molar-refractivity contribution in [3.63, 3.8) is 0 Å². The van der Waals surface area contributed by atoms with Crippen molar-refractivity contribution in [3.8, 4) is 11.1 Å². The summed E-state index contributed by atoms with van der Waals surface area (Å²) in [5.74, 6) is -0.179. The summed E-state index contributed by atoms with van der Waals surface area (Å²) in [6.45, 7) is 0.738. The molecule has 0 unspecified atom stereocenters. The zero-order valence-electron chi connectivity index (χ0n) is 10.2. The van der Waals surface area contributed by atoms with Gasteiger partial charge in [0.15, 0.2) is 0 Å². The Kier molecular flexibility index (Phi) is 3.55. The van der Waals surface area contributed by atoms with Gasteiger partial charge in [0.1, 0.15) is 5.82 Å². The van der Waals surface area contributed by atoms with Crippen LogP contribution in [-0.2, 0) is 6.54 Å². The van der Waals surface area contributed by atoms with Gasteiger partial charge in [-0.1, -0.05) is 36.4 Å². The Morgan fingerprint density at radius 1 is 1.00 bits per heavy atom. The second-order valence-electron chi connectivity index (χ2n) is 4.41. The minimum absolute atomic E-state index is 0.179. The Bertz CT molecular complexity index is 492. The smallest absolute Gasteiger partial charge is 0.123 e. The van der Waals surface area contributed by atoms with Crippen molar-refractivity contribution in [1.29, 1.82) is 0 Å². The van der Waals surface area contributed by atoms with Gasteiger partial charge in [0, 0.05) is 6.54 Å². The normalized spacial score (nSPS) is 10.8. The van der Waals surface area contributed by atoms with E-state index in [-0.39, 0.29) is 5.82 Å². The van der Waals surface area contributed by atoms with Crippen LogP contribution in [0.25, 0.3) is 11.1 Å². The van der Waals surface area contributed by atoms with Crippen LogP contribution in [0.3, 0.4) is 0 Å². The lowest BCUT2D eigenvalue weighted by Crippen LogP contribution is -2.11. The van der Waals surface area contributed by atoms with Crippen LogP contribution < -0.4 is 0 Å². The fraction of sp³-hybridized carbons (Fsp3) is 0.200. The predicted octanol–water partition coefficient (Wildman–Crippen LogP) is 3.55. The molecule has 0 aliphatic carbocycles. The Balaban J connectivity index is 2.46. The minimum atomic E-state index is -0.179. The Morgan fingerprint density at radius 2 is 1.71 bits per heavy atom. The summed E-state index contributed by atoms with van der Waals surface area (Å²) in [5, 5.41) is 0. The van der Waals surface area contributed by atoms with Crippen molar-refractivity contribution in [3.05, 3.63) is 59.9 Å². The van der Waals surface area contributed by atoms with E-state index < -0.39 is 0 Å². The summed E-state index contributed by atoms with van der Waals surface area (Å²) in [6.07, 6.45) is 0. The topological polar surface area (TPSA) is 3.24 Å². The molecular weight excluding hydrogens is 213 g/mol. The van der Waals surface area contributed by atoms with Crippen LogP contribution >= 0.6 is 0 Å². The van der Waals surface area contributed by atoms with Crippen LogP contribution in [-0.4, -0.2) is 19.0 Å². The van der Waals surface area contributed by atoms with Gasteiger partial charge in [-0.15, -0.1) is 0 Å². The third-order valence-corrected chi connectivity index (χ3v) is 2.64. The molecule has 0 N–H and O–H groups in total. The van der Waals surface area contributed by atoms with Gasteiger partial charge in [0.2, 0.25) is 0 Å². The molecule has 0 radical (unpaired) electrons. The molecule has 0 aromatic heterocycles. The van der Waals surface area contributed by atoms with E-state index in [0.29, 0.717) is 0 Å². The van der Waals surface area contributed by atoms with Gasteiger partial charge in [-0.05, 0) is 42.9 Å². The predicted molar refractivity (Wildman–Crippen MR) is 69.2 cm³/mol. The van der Waals surface area contributed by atoms with Crippen molar-refractivity contribution in [2.75, 3.05) is 14.1 Å². The molecule has 1 nitrogen and oxygen atoms in total. The fourth-order valence-corrected chi connectivity index (χ4v) is 1.93. The van der Waals surface area contributed by atoms with E-state index in [1.54, 1.807) is 6.07 Å². The lowest BCUT2D eigenvalue weighted by atomic mass is 9.99. The minimum Gasteiger partial charge on any atom is -0.305 e. The van der Waals surface area contributed by atoms with Gasteiger partial charge in [0.25, 0.3) is 0 Å². The summed E-state index contributed by atoms with van der Waals surface area (Å²) >= 11 is 0. The van der Waals surface area contributed by atoms with Crippen molar-refractivity contribution < 1.29 is 4.39 Å². The number of hydrogen-bond donors (Lipinski definition) is 0. The molecule has 0 amide bonds. The molecule has 88 valence electrons. The van der Waals surface area contributed by atoms with E-state index in [0.717, 1.165) is 23.2 Å². The average molecular weight is 229 g/mol. The van der Waals surface area contributed by atoms with Crippen molar-refractivity contribution in [2.45, 2.75) is 6.54 Å². The summed E-state index contributed by atoms with van der Waals surface area (Å²) in [4.78, 5) is 2.04. The highest BCUT2D eigenvalue weighted by Crippen LogP contribution is 2.25. The van der Waals surface area contributed by atoms with Crippen LogP contribution in [0.4, 0.5) is 4.39 Å². The second kappa shape index (κ2) is 5.11. The Hall–Kier alpha value is -1.67. The highest BCUT2D eigenvalue weighted by Gasteiger charge is 2.07. The molecule has 2 aromatic rings. The Labute approximate surface area is 102 Å². The quantitative estimate of drug-likeness (QED) is 0.778. The molecule has 0 saturated heterocycles. The van der Waals surface area contributed by atoms with E-state index in [1.807, 2.05) is 55.4 Å². The summed E-state index contributed by atoms with van der Waals surface area (Å²) in [5.41, 5.74) is 3.24. The van der Waals surface area contributed by atoms with Crippen LogP contribution in [0.15, 0.2) is 48.5 Å². The number of benzene rings is 2. The van der Waals surface area contributed by atoms with Crippen LogP contribution in [0.5, 0.6) is 0 Å². The fourth-order valence-electron chi connectivity index (χ4n) is 1.93. The molecule has 17 heavy (non-hydrogen) atoms. The summed E-state index contributed by atoms with van der Waals surface area (Å²) < 4.78 is 13.3. The molecule has 2 rings (SSSR count). The SMILES string of the molecule is CN(C)Cc1cc(F)ccc1-c1ccccc1. The number of nitrogens with zero attached hydrogens (tertiary/aromatic N) is 1. The maximum Gasteiger partial charge on any atom is 0.123 e. The van der Waals surface area contributed by atoms with E-state index in [4.69, 9.17) is 0 Å². The lowest BCUT2D eigenvalue weighted by Gasteiger charge is -2.14. The van der Waals surface area contributed by atoms with E-state index in [1.165, 1.54) is 6.07 Å². The van der Waals surface area contributed by atoms with Crippen LogP contribution in [0, 0.1) is 5.82 Å². The third-order valence-electron chi connectivity index (χ3n) is 2.64. The highest BCUT2D eigenvalue weighted by atomic mass is 19.1. The highest BCUT2D eigenvalue weighted by molar-refractivity contribution is 5.67. The first-order chi connectivity index (χ1) is 8.16. The van der Waals surface area contributed by atoms with E-state index in [9.17, 15) is 4.39 Å². The molecule has 0 atom stereocenters. The molecule has 0 fully saturated rings. The third kappa shape index (κ3) is 2.92. The Morgan fingerprint density at radius 3 is 2.35 bits per heavy atom. The molecule has 0 heterocycles. The van der Waals surface area contributed by atoms with Gasteiger partial charge in [-0.3, -0.25) is 0 Å². The molecular formula is C15H16FN. The monoisotopic (exact) mass is 229 g/mol. The molecule has 0 bridgehead atoms. The zero-order chi connectivity index (χ0) is 12.3. The molecule has 0 saturated carbocycles. The van der Waals surface area contributed by atoms with Crippen molar-refractivity contribution in [1.82, 2.24) is 4.90 Å². The first-order valence-corrected chi connectivity index (χ1v) is 5.65. The van der Waals surface area contributed by atoms with Crippen molar-refractivity contribution in [2.24, 2.45) is 0 Å². The second-order valence-corrected chi connectivity index (χ2v) is 4.41. The number of halogens is 1. The van der Waals surface area contributed by atoms with Crippen LogP contribution in [0.1, 0.15) is 5.56 Å². The standard InChI is InChI=1S/C15H16FN/c1-17(2)11-13-10-14(16)8-9-15(13)12-6-4-3-5-7-12/h3-10H,11H2,1-2H3. The molecule has 2 heteroatoms. The number of rotatable bonds is 3. The van der Waals surface area contributed by atoms with Gasteiger partial charge < -0.3 is 4.90 Å². The van der Waals surface area contributed by atoms with Gasteiger partial charge >= 0.3 is 0 Å². The average Bonchev–Trinajstić information content (AvgIpc) is 2.29. The first-order valence-electron chi connectivity index (χ1n) is 5.65. The maximum absolute atomic E-state index is 13.3. The lowest BCUT2D eigenvalue weighted by molar-refractivity contribution is 0.402. The summed E-state index contributed by atoms with van der Waals surface area (Å²) in [7, 11) is 3.97. The summed E-state index contributed by atoms with van der Waals surface area (Å²) in [6, 6.07) is 15.1. The zero-order valence-corrected chi connectivity index (χ0v) is 10.2. The van der Waals surface area contributed by atoms with Gasteiger partial charge in [-0.2, -0.15) is 0 Å². The van der Waals surface area contributed by atoms with E-state index in [2.05, 4.69) is 0 Å². The molecule has 0 aliphatic heterocycles. The maximum atomic E-state index is 13.3. The molecule has 0 aliphatic rings. The first kappa shape index (κ1) is 11.8. The van der Waals surface area contributed by atoms with E-state index >= 15 is 0 Å². The molecule has 2 aromatic carbocycles. The van der Waals surface area contributed by atoms with Gasteiger partial charge in [0.05, 0.1) is 0 Å². The molecule has 0 spiro atoms. The van der Waals surface area contributed by atoms with Crippen LogP contribution in [0.2, 0.25) is 0 Å².